The number of hydrogen-bond acceptors (Lipinski definition) is 12. The molecule has 212 valence electrons. The molecule has 4 rings (SSSR count). The highest BCUT2D eigenvalue weighted by molar-refractivity contribution is 7.86. The summed E-state index contributed by atoms with van der Waals surface area (Å²) >= 11 is 0. The Morgan fingerprint density at radius 2 is 1.27 bits per heavy atom. The lowest BCUT2D eigenvalue weighted by Gasteiger charge is -2.10. The zero-order valence-electron chi connectivity index (χ0n) is 19.7. The fourth-order valence-corrected chi connectivity index (χ4v) is 5.95. The van der Waals surface area contributed by atoms with E-state index in [4.69, 9.17) is 12.6 Å². The molecule has 0 radical (unpaired) electrons. The van der Waals surface area contributed by atoms with Crippen LogP contribution in [-0.2, 0) is 41.0 Å². The van der Waals surface area contributed by atoms with Crippen LogP contribution >= 0.6 is 0 Å². The molecular formula is C21H16N2O13S4. The number of rotatable bonds is 5. The third-order valence-corrected chi connectivity index (χ3v) is 7.98. The van der Waals surface area contributed by atoms with Crippen LogP contribution in [0.2, 0.25) is 0 Å². The SMILES string of the molecule is Cc1cc(S(=O)(=O)O)cc2ccc(N=Nc3ccc4c(S(=O)(=O)O)cccc4c3S(=O)(=O)O)c(O)c12.O=S(=O)=O. The van der Waals surface area contributed by atoms with Gasteiger partial charge in [-0.05, 0) is 48.2 Å². The van der Waals surface area contributed by atoms with Gasteiger partial charge in [-0.3, -0.25) is 13.7 Å². The quantitative estimate of drug-likeness (QED) is 0.182. The van der Waals surface area contributed by atoms with Crippen LogP contribution in [0.4, 0.5) is 11.4 Å². The molecule has 0 bridgehead atoms. The summed E-state index contributed by atoms with van der Waals surface area (Å²) in [5, 5.41) is 18.4. The highest BCUT2D eigenvalue weighted by Gasteiger charge is 2.24. The Labute approximate surface area is 227 Å². The minimum absolute atomic E-state index is 0.140. The Morgan fingerprint density at radius 3 is 1.82 bits per heavy atom. The molecule has 0 saturated heterocycles. The van der Waals surface area contributed by atoms with Crippen LogP contribution in [0, 0.1) is 6.92 Å². The molecule has 0 heterocycles. The van der Waals surface area contributed by atoms with Gasteiger partial charge in [0, 0.05) is 16.2 Å². The molecule has 0 unspecified atom stereocenters. The number of phenolic OH excluding ortho intramolecular Hbond substituents is 1. The van der Waals surface area contributed by atoms with E-state index in [1.807, 2.05) is 0 Å². The van der Waals surface area contributed by atoms with Crippen molar-refractivity contribution in [3.63, 3.8) is 0 Å². The van der Waals surface area contributed by atoms with E-state index in [1.165, 1.54) is 37.3 Å². The van der Waals surface area contributed by atoms with E-state index in [0.29, 0.717) is 0 Å². The van der Waals surface area contributed by atoms with E-state index in [2.05, 4.69) is 10.2 Å². The Hall–Kier alpha value is -3.85. The van der Waals surface area contributed by atoms with Crippen molar-refractivity contribution in [3.8, 4) is 5.75 Å². The smallest absolute Gasteiger partial charge is 0.425 e. The van der Waals surface area contributed by atoms with Gasteiger partial charge in [0.05, 0.1) is 4.90 Å². The minimum atomic E-state index is -4.97. The number of nitrogens with zero attached hydrogens (tertiary/aromatic N) is 2. The number of fused-ring (bicyclic) bond motifs is 2. The number of phenols is 1. The summed E-state index contributed by atoms with van der Waals surface area (Å²) in [4.78, 5) is -1.73. The molecular weight excluding hydrogens is 617 g/mol. The fraction of sp³-hybridized carbons (Fsp3) is 0.0476. The van der Waals surface area contributed by atoms with Crippen LogP contribution in [0.3, 0.4) is 0 Å². The van der Waals surface area contributed by atoms with Gasteiger partial charge in [0.25, 0.3) is 30.4 Å². The highest BCUT2D eigenvalue weighted by Crippen LogP contribution is 2.40. The van der Waals surface area contributed by atoms with Crippen molar-refractivity contribution in [2.45, 2.75) is 21.6 Å². The molecule has 0 fully saturated rings. The van der Waals surface area contributed by atoms with Gasteiger partial charge >= 0.3 is 10.6 Å². The van der Waals surface area contributed by atoms with E-state index >= 15 is 0 Å². The molecule has 0 atom stereocenters. The maximum atomic E-state index is 12.2. The molecule has 15 nitrogen and oxygen atoms in total. The van der Waals surface area contributed by atoms with Gasteiger partial charge in [-0.15, -0.1) is 22.9 Å². The highest BCUT2D eigenvalue weighted by atomic mass is 32.2. The van der Waals surface area contributed by atoms with Crippen LogP contribution in [0.25, 0.3) is 21.5 Å². The topological polar surface area (TPSA) is 259 Å². The second kappa shape index (κ2) is 11.0. The molecule has 0 aliphatic rings. The standard InChI is InChI=1S/C21H16N2O10S3.O3S/c1-11-9-13(34(25,26)27)10-12-5-7-16(20(24)19(11)12)22-23-17-8-6-14-15(21(17)36(31,32)33)3-2-4-18(14)35(28,29)30;1-4(2)3/h2-10,24H,1H3,(H,25,26,27)(H,28,29,30)(H,31,32,33);. The van der Waals surface area contributed by atoms with Crippen LogP contribution < -0.4 is 0 Å². The number of benzene rings is 4. The van der Waals surface area contributed by atoms with E-state index in [0.717, 1.165) is 24.3 Å². The first-order valence-corrected chi connectivity index (χ1v) is 15.6. The third-order valence-electron chi connectivity index (χ3n) is 5.29. The average Bonchev–Trinajstić information content (AvgIpc) is 2.80. The van der Waals surface area contributed by atoms with E-state index < -0.39 is 62.2 Å². The Morgan fingerprint density at radius 1 is 0.700 bits per heavy atom. The normalized spacial score (nSPS) is 12.4. The van der Waals surface area contributed by atoms with E-state index in [1.54, 1.807) is 0 Å². The van der Waals surface area contributed by atoms with Gasteiger partial charge in [0.2, 0.25) is 0 Å². The molecule has 0 aromatic heterocycles. The van der Waals surface area contributed by atoms with Gasteiger partial charge in [0.1, 0.15) is 21.2 Å². The summed E-state index contributed by atoms with van der Waals surface area (Å²) in [7, 11) is -17.3. The van der Waals surface area contributed by atoms with Crippen molar-refractivity contribution in [3.05, 3.63) is 60.2 Å². The van der Waals surface area contributed by atoms with Crippen molar-refractivity contribution >= 4 is 73.9 Å². The Balaban J connectivity index is 0.00000103. The summed E-state index contributed by atoms with van der Waals surface area (Å²) in [5.74, 6) is -0.418. The summed E-state index contributed by atoms with van der Waals surface area (Å²) in [6.45, 7) is 1.49. The Bertz CT molecular complexity index is 2150. The van der Waals surface area contributed by atoms with Crippen LogP contribution in [0.1, 0.15) is 5.56 Å². The minimum Gasteiger partial charge on any atom is -0.505 e. The molecule has 0 saturated carbocycles. The zero-order valence-corrected chi connectivity index (χ0v) is 23.0. The monoisotopic (exact) mass is 632 g/mol. The summed E-state index contributed by atoms with van der Waals surface area (Å²) in [6.07, 6.45) is 0. The lowest BCUT2D eigenvalue weighted by atomic mass is 10.0. The van der Waals surface area contributed by atoms with Crippen molar-refractivity contribution in [1.82, 2.24) is 0 Å². The fourth-order valence-electron chi connectivity index (χ4n) is 3.81. The lowest BCUT2D eigenvalue weighted by molar-refractivity contribution is 0.480. The number of azo groups is 1. The number of hydrogen-bond donors (Lipinski definition) is 4. The predicted molar refractivity (Wildman–Crippen MR) is 138 cm³/mol. The molecule has 4 N–H and O–H groups in total. The van der Waals surface area contributed by atoms with Crippen molar-refractivity contribution in [2.24, 2.45) is 10.2 Å². The molecule has 0 spiro atoms. The molecule has 0 aliphatic carbocycles. The second-order valence-corrected chi connectivity index (χ2v) is 12.4. The summed E-state index contributed by atoms with van der Waals surface area (Å²) in [6, 6.07) is 10.6. The average molecular weight is 633 g/mol. The van der Waals surface area contributed by atoms with Crippen molar-refractivity contribution in [1.29, 1.82) is 0 Å². The first-order valence-electron chi connectivity index (χ1n) is 10.3. The van der Waals surface area contributed by atoms with Gasteiger partial charge in [0.15, 0.2) is 5.75 Å². The predicted octanol–water partition coefficient (Wildman–Crippen LogP) is 3.16. The molecule has 19 heteroatoms. The maximum Gasteiger partial charge on any atom is 0.425 e. The molecule has 40 heavy (non-hydrogen) atoms. The van der Waals surface area contributed by atoms with Gasteiger partial charge in [-0.1, -0.05) is 24.3 Å². The van der Waals surface area contributed by atoms with Crippen LogP contribution in [0.15, 0.2) is 79.5 Å². The molecule has 4 aromatic rings. The van der Waals surface area contributed by atoms with Gasteiger partial charge in [-0.2, -0.15) is 25.3 Å². The first-order chi connectivity index (χ1) is 18.3. The van der Waals surface area contributed by atoms with Crippen molar-refractivity contribution in [2.75, 3.05) is 0 Å². The second-order valence-electron chi connectivity index (χ2n) is 7.87. The largest absolute Gasteiger partial charge is 0.505 e. The lowest BCUT2D eigenvalue weighted by Crippen LogP contribution is -2.03. The van der Waals surface area contributed by atoms with E-state index in [9.17, 15) is 44.0 Å². The van der Waals surface area contributed by atoms with Gasteiger partial charge < -0.3 is 5.11 Å². The summed E-state index contributed by atoms with van der Waals surface area (Å²) < 4.78 is 125. The Kier molecular flexibility index (Phi) is 8.41. The molecule has 0 aliphatic heterocycles. The summed E-state index contributed by atoms with van der Waals surface area (Å²) in [5.41, 5.74) is -0.245. The number of aromatic hydroxyl groups is 1. The van der Waals surface area contributed by atoms with Crippen LogP contribution in [0.5, 0.6) is 5.75 Å². The zero-order chi connectivity index (χ0) is 30.2. The first kappa shape index (κ1) is 30.7. The third kappa shape index (κ3) is 6.65. The van der Waals surface area contributed by atoms with E-state index in [-0.39, 0.29) is 37.7 Å². The van der Waals surface area contributed by atoms with Crippen molar-refractivity contribution < 1.29 is 56.6 Å². The number of aryl methyl sites for hydroxylation is 1. The van der Waals surface area contributed by atoms with Gasteiger partial charge in [-0.25, -0.2) is 0 Å². The van der Waals surface area contributed by atoms with Crippen LogP contribution in [-0.4, -0.2) is 56.6 Å². The molecule has 4 aromatic carbocycles. The molecule has 0 amide bonds. The maximum absolute atomic E-state index is 12.2.